The summed E-state index contributed by atoms with van der Waals surface area (Å²) in [6.45, 7) is 1.52. The quantitative estimate of drug-likeness (QED) is 0.866. The highest BCUT2D eigenvalue weighted by Crippen LogP contribution is 2.29. The maximum Gasteiger partial charge on any atom is 0.207 e. The van der Waals surface area contributed by atoms with Gasteiger partial charge in [0.2, 0.25) is 6.41 Å². The molecule has 1 amide bonds. The van der Waals surface area contributed by atoms with E-state index in [9.17, 15) is 4.79 Å². The van der Waals surface area contributed by atoms with E-state index in [-0.39, 0.29) is 6.04 Å². The molecule has 1 atom stereocenters. The largest absolute Gasteiger partial charge is 0.381 e. The maximum atomic E-state index is 10.7. The van der Waals surface area contributed by atoms with Gasteiger partial charge in [0, 0.05) is 23.9 Å². The van der Waals surface area contributed by atoms with Gasteiger partial charge in [-0.2, -0.15) is 0 Å². The van der Waals surface area contributed by atoms with Crippen molar-refractivity contribution in [3.63, 3.8) is 0 Å². The molecule has 1 unspecified atom stereocenters. The van der Waals surface area contributed by atoms with E-state index >= 15 is 0 Å². The Morgan fingerprint density at radius 3 is 2.82 bits per heavy atom. The predicted molar refractivity (Wildman–Crippen MR) is 67.4 cm³/mol. The number of nitrogens with zero attached hydrogens (tertiary/aromatic N) is 1. The predicted octanol–water partition coefficient (Wildman–Crippen LogP) is 2.06. The van der Waals surface area contributed by atoms with Crippen LogP contribution in [0.4, 0.5) is 0 Å². The molecule has 0 aromatic carbocycles. The number of halogens is 1. The topological polar surface area (TPSA) is 51.2 Å². The first-order valence-electron chi connectivity index (χ1n) is 5.70. The zero-order valence-electron chi connectivity index (χ0n) is 9.43. The molecule has 2 rings (SSSR count). The van der Waals surface area contributed by atoms with Crippen molar-refractivity contribution in [3.05, 3.63) is 28.5 Å². The van der Waals surface area contributed by atoms with Crippen LogP contribution in [0.15, 0.2) is 22.8 Å². The molecular weight excluding hydrogens is 284 g/mol. The molecule has 0 saturated carbocycles. The molecule has 1 aliphatic rings. The number of carbonyl (C=O) groups is 1. The van der Waals surface area contributed by atoms with E-state index in [0.717, 1.165) is 42.6 Å². The number of pyridine rings is 1. The van der Waals surface area contributed by atoms with Gasteiger partial charge in [0.1, 0.15) is 0 Å². The molecule has 0 radical (unpaired) electrons. The molecule has 2 heterocycles. The average Bonchev–Trinajstić information content (AvgIpc) is 2.38. The second-order valence-corrected chi connectivity index (χ2v) is 5.03. The summed E-state index contributed by atoms with van der Waals surface area (Å²) in [5, 5.41) is 2.87. The van der Waals surface area contributed by atoms with E-state index in [2.05, 4.69) is 26.2 Å². The van der Waals surface area contributed by atoms with E-state index < -0.39 is 0 Å². The van der Waals surface area contributed by atoms with Crippen LogP contribution in [-0.4, -0.2) is 24.6 Å². The summed E-state index contributed by atoms with van der Waals surface area (Å²) in [5.74, 6) is 0.405. The lowest BCUT2D eigenvalue weighted by Crippen LogP contribution is -2.32. The number of hydrogen-bond acceptors (Lipinski definition) is 3. The van der Waals surface area contributed by atoms with Crippen molar-refractivity contribution in [2.24, 2.45) is 5.92 Å². The molecule has 1 saturated heterocycles. The number of aromatic nitrogens is 1. The van der Waals surface area contributed by atoms with Crippen LogP contribution in [0.5, 0.6) is 0 Å². The number of amides is 1. The molecule has 0 bridgehead atoms. The summed E-state index contributed by atoms with van der Waals surface area (Å²) in [5.41, 5.74) is 0.909. The minimum atomic E-state index is -0.00972. The van der Waals surface area contributed by atoms with Gasteiger partial charge in [-0.1, -0.05) is 0 Å². The van der Waals surface area contributed by atoms with Crippen molar-refractivity contribution < 1.29 is 9.53 Å². The molecule has 4 nitrogen and oxygen atoms in total. The van der Waals surface area contributed by atoms with Gasteiger partial charge >= 0.3 is 0 Å². The number of carbonyl (C=O) groups excluding carboxylic acids is 1. The fourth-order valence-electron chi connectivity index (χ4n) is 2.16. The second kappa shape index (κ2) is 6.12. The van der Waals surface area contributed by atoms with E-state index in [0.29, 0.717) is 5.92 Å². The van der Waals surface area contributed by atoms with Crippen molar-refractivity contribution in [2.75, 3.05) is 13.2 Å². The minimum absolute atomic E-state index is 0.00972. The van der Waals surface area contributed by atoms with Crippen molar-refractivity contribution in [2.45, 2.75) is 18.9 Å². The Bertz CT molecular complexity index is 363. The van der Waals surface area contributed by atoms with Gasteiger partial charge in [-0.15, -0.1) is 0 Å². The number of rotatable bonds is 4. The third-order valence-electron chi connectivity index (χ3n) is 3.05. The van der Waals surface area contributed by atoms with Crippen LogP contribution in [0.2, 0.25) is 0 Å². The highest BCUT2D eigenvalue weighted by Gasteiger charge is 2.25. The fraction of sp³-hybridized carbons (Fsp3) is 0.500. The first kappa shape index (κ1) is 12.5. The van der Waals surface area contributed by atoms with Gasteiger partial charge in [-0.3, -0.25) is 9.78 Å². The Labute approximate surface area is 109 Å². The molecule has 5 heteroatoms. The molecule has 17 heavy (non-hydrogen) atoms. The molecule has 1 fully saturated rings. The summed E-state index contributed by atoms with van der Waals surface area (Å²) in [6, 6.07) is 3.88. The third kappa shape index (κ3) is 3.26. The number of hydrogen-bond donors (Lipinski definition) is 1. The molecule has 1 aromatic heterocycles. The highest BCUT2D eigenvalue weighted by molar-refractivity contribution is 9.10. The Balaban J connectivity index is 2.15. The monoisotopic (exact) mass is 298 g/mol. The zero-order chi connectivity index (χ0) is 12.1. The van der Waals surface area contributed by atoms with E-state index in [1.54, 1.807) is 6.20 Å². The van der Waals surface area contributed by atoms with Gasteiger partial charge in [-0.05, 0) is 46.8 Å². The van der Waals surface area contributed by atoms with Gasteiger partial charge in [0.15, 0.2) is 0 Å². The summed E-state index contributed by atoms with van der Waals surface area (Å²) < 4.78 is 6.28. The lowest BCUT2D eigenvalue weighted by molar-refractivity contribution is -0.110. The van der Waals surface area contributed by atoms with Crippen molar-refractivity contribution in [1.82, 2.24) is 10.3 Å². The van der Waals surface area contributed by atoms with Crippen LogP contribution in [0.3, 0.4) is 0 Å². The summed E-state index contributed by atoms with van der Waals surface area (Å²) in [7, 11) is 0. The fourth-order valence-corrected chi connectivity index (χ4v) is 2.39. The van der Waals surface area contributed by atoms with E-state index in [1.807, 2.05) is 12.1 Å². The van der Waals surface area contributed by atoms with E-state index in [1.165, 1.54) is 0 Å². The molecule has 1 aliphatic heterocycles. The lowest BCUT2D eigenvalue weighted by atomic mass is 9.89. The van der Waals surface area contributed by atoms with Crippen molar-refractivity contribution >= 4 is 22.3 Å². The van der Waals surface area contributed by atoms with Gasteiger partial charge in [0.05, 0.1) is 11.7 Å². The number of nitrogens with one attached hydrogen (secondary N) is 1. The minimum Gasteiger partial charge on any atom is -0.381 e. The Morgan fingerprint density at radius 2 is 2.24 bits per heavy atom. The third-order valence-corrected chi connectivity index (χ3v) is 3.52. The maximum absolute atomic E-state index is 10.7. The van der Waals surface area contributed by atoms with Crippen LogP contribution >= 0.6 is 15.9 Å². The average molecular weight is 299 g/mol. The van der Waals surface area contributed by atoms with Crippen LogP contribution < -0.4 is 5.32 Å². The van der Waals surface area contributed by atoms with E-state index in [4.69, 9.17) is 4.74 Å². The van der Waals surface area contributed by atoms with Gasteiger partial charge < -0.3 is 10.1 Å². The van der Waals surface area contributed by atoms with Crippen LogP contribution in [0.25, 0.3) is 0 Å². The Hall–Kier alpha value is -0.940. The summed E-state index contributed by atoms with van der Waals surface area (Å²) >= 11 is 3.36. The van der Waals surface area contributed by atoms with Crippen LogP contribution in [0, 0.1) is 5.92 Å². The first-order valence-corrected chi connectivity index (χ1v) is 6.49. The highest BCUT2D eigenvalue weighted by atomic mass is 79.9. The molecular formula is C12H15BrN2O2. The number of ether oxygens (including phenoxy) is 1. The van der Waals surface area contributed by atoms with Gasteiger partial charge in [0.25, 0.3) is 0 Å². The SMILES string of the molecule is O=CNC(c1ccc(Br)cn1)C1CCOCC1. The Kier molecular flexibility index (Phi) is 4.50. The summed E-state index contributed by atoms with van der Waals surface area (Å²) in [6.07, 6.45) is 4.44. The molecule has 1 N–H and O–H groups in total. The molecule has 1 aromatic rings. The van der Waals surface area contributed by atoms with Crippen LogP contribution in [-0.2, 0) is 9.53 Å². The zero-order valence-corrected chi connectivity index (χ0v) is 11.0. The Morgan fingerprint density at radius 1 is 1.47 bits per heavy atom. The second-order valence-electron chi connectivity index (χ2n) is 4.11. The standard InChI is InChI=1S/C12H15BrN2O2/c13-10-1-2-11(14-7-10)12(15-8-16)9-3-5-17-6-4-9/h1-2,7-9,12H,3-6H2,(H,15,16). The van der Waals surface area contributed by atoms with Crippen LogP contribution in [0.1, 0.15) is 24.6 Å². The summed E-state index contributed by atoms with van der Waals surface area (Å²) in [4.78, 5) is 15.1. The first-order chi connectivity index (χ1) is 8.31. The molecule has 92 valence electrons. The normalized spacial score (nSPS) is 18.6. The molecule has 0 spiro atoms. The van der Waals surface area contributed by atoms with Gasteiger partial charge in [-0.25, -0.2) is 0 Å². The lowest BCUT2D eigenvalue weighted by Gasteiger charge is -2.29. The van der Waals surface area contributed by atoms with Crippen molar-refractivity contribution in [1.29, 1.82) is 0 Å². The van der Waals surface area contributed by atoms with Crippen molar-refractivity contribution in [3.8, 4) is 0 Å². The smallest absolute Gasteiger partial charge is 0.207 e. The molecule has 0 aliphatic carbocycles.